The van der Waals surface area contributed by atoms with Gasteiger partial charge in [0.25, 0.3) is 10.0 Å². The maximum Gasteiger partial charge on any atom is 0.265 e. The van der Waals surface area contributed by atoms with Crippen LogP contribution in [0.4, 0.5) is 11.5 Å². The number of carbonyl (C=O) groups is 1. The zero-order valence-electron chi connectivity index (χ0n) is 18.6. The van der Waals surface area contributed by atoms with Crippen molar-refractivity contribution >= 4 is 27.4 Å². The Bertz CT molecular complexity index is 1200. The molecule has 1 aliphatic rings. The first kappa shape index (κ1) is 22.8. The highest BCUT2D eigenvalue weighted by Crippen LogP contribution is 2.23. The average Bonchev–Trinajstić information content (AvgIpc) is 3.23. The number of sulfonamides is 1. The van der Waals surface area contributed by atoms with Gasteiger partial charge >= 0.3 is 0 Å². The molecule has 7 nitrogen and oxygen atoms in total. The number of likely N-dealkylation sites (tertiary alicyclic amines) is 1. The molecule has 1 aromatic heterocycles. The lowest BCUT2D eigenvalue weighted by Crippen LogP contribution is -2.30. The molecule has 0 radical (unpaired) electrons. The summed E-state index contributed by atoms with van der Waals surface area (Å²) in [6.07, 6.45) is 2.96. The van der Waals surface area contributed by atoms with Gasteiger partial charge in [-0.2, -0.15) is 0 Å². The van der Waals surface area contributed by atoms with Gasteiger partial charge in [-0.25, -0.2) is 13.4 Å². The number of anilines is 2. The minimum absolute atomic E-state index is 0.149. The Balaban J connectivity index is 1.41. The van der Waals surface area contributed by atoms with Crippen molar-refractivity contribution in [3.05, 3.63) is 84.1 Å². The molecule has 8 heteroatoms. The van der Waals surface area contributed by atoms with E-state index in [0.717, 1.165) is 24.1 Å². The Morgan fingerprint density at radius 3 is 2.48 bits per heavy atom. The van der Waals surface area contributed by atoms with Crippen LogP contribution in [0.15, 0.2) is 77.8 Å². The van der Waals surface area contributed by atoms with Crippen molar-refractivity contribution in [3.63, 3.8) is 0 Å². The average molecular weight is 465 g/mol. The van der Waals surface area contributed by atoms with Crippen LogP contribution in [0.2, 0.25) is 0 Å². The summed E-state index contributed by atoms with van der Waals surface area (Å²) in [6, 6.07) is 20.4. The van der Waals surface area contributed by atoms with E-state index in [-0.39, 0.29) is 10.8 Å². The van der Waals surface area contributed by atoms with Crippen molar-refractivity contribution in [1.29, 1.82) is 0 Å². The van der Waals surface area contributed by atoms with Crippen molar-refractivity contribution in [2.45, 2.75) is 37.8 Å². The Morgan fingerprint density at radius 2 is 1.82 bits per heavy atom. The van der Waals surface area contributed by atoms with Crippen LogP contribution in [0.1, 0.15) is 30.9 Å². The van der Waals surface area contributed by atoms with E-state index in [1.54, 1.807) is 24.3 Å². The molecule has 1 saturated heterocycles. The van der Waals surface area contributed by atoms with Crippen LogP contribution in [-0.2, 0) is 27.9 Å². The first-order valence-electron chi connectivity index (χ1n) is 11.1. The van der Waals surface area contributed by atoms with Crippen LogP contribution < -0.4 is 9.62 Å². The van der Waals surface area contributed by atoms with Crippen molar-refractivity contribution < 1.29 is 13.2 Å². The molecule has 1 amide bonds. The SMILES string of the molecule is CCN(c1ccccc1)S(=O)(=O)c1ccc(NCc2cccc(CN3CCCC3=O)c2)nc1. The molecule has 1 aliphatic heterocycles. The molecule has 2 heterocycles. The molecule has 2 aromatic carbocycles. The number of hydrogen-bond acceptors (Lipinski definition) is 5. The Hall–Kier alpha value is -3.39. The van der Waals surface area contributed by atoms with Crippen LogP contribution in [0.3, 0.4) is 0 Å². The zero-order valence-corrected chi connectivity index (χ0v) is 19.5. The highest BCUT2D eigenvalue weighted by molar-refractivity contribution is 7.92. The van der Waals surface area contributed by atoms with Gasteiger partial charge in [-0.15, -0.1) is 0 Å². The van der Waals surface area contributed by atoms with Gasteiger partial charge in [0.05, 0.1) is 5.69 Å². The fourth-order valence-corrected chi connectivity index (χ4v) is 5.39. The van der Waals surface area contributed by atoms with E-state index in [9.17, 15) is 13.2 Å². The molecule has 33 heavy (non-hydrogen) atoms. The Morgan fingerprint density at radius 1 is 1.03 bits per heavy atom. The lowest BCUT2D eigenvalue weighted by atomic mass is 10.1. The number of aromatic nitrogens is 1. The largest absolute Gasteiger partial charge is 0.366 e. The third-order valence-electron chi connectivity index (χ3n) is 5.67. The summed E-state index contributed by atoms with van der Waals surface area (Å²) in [5.74, 6) is 0.809. The first-order valence-corrected chi connectivity index (χ1v) is 12.5. The number of hydrogen-bond donors (Lipinski definition) is 1. The molecule has 1 N–H and O–H groups in total. The monoisotopic (exact) mass is 464 g/mol. The molecular formula is C25H28N4O3S. The number of carbonyl (C=O) groups excluding carboxylic acids is 1. The van der Waals surface area contributed by atoms with Crippen LogP contribution in [0.5, 0.6) is 0 Å². The molecule has 0 spiro atoms. The second-order valence-corrected chi connectivity index (χ2v) is 9.84. The molecule has 1 fully saturated rings. The molecule has 0 aliphatic carbocycles. The summed E-state index contributed by atoms with van der Waals surface area (Å²) in [6.45, 7) is 4.13. The lowest BCUT2D eigenvalue weighted by molar-refractivity contribution is -0.128. The molecule has 0 unspecified atom stereocenters. The summed E-state index contributed by atoms with van der Waals surface area (Å²) in [7, 11) is -3.70. The van der Waals surface area contributed by atoms with Gasteiger partial charge in [0.2, 0.25) is 5.91 Å². The molecule has 3 aromatic rings. The molecule has 0 saturated carbocycles. The third kappa shape index (κ3) is 5.34. The van der Waals surface area contributed by atoms with Gasteiger partial charge in [0.15, 0.2) is 0 Å². The van der Waals surface area contributed by atoms with Crippen LogP contribution in [-0.4, -0.2) is 37.3 Å². The van der Waals surface area contributed by atoms with Crippen molar-refractivity contribution in [3.8, 4) is 0 Å². The topological polar surface area (TPSA) is 82.6 Å². The first-order chi connectivity index (χ1) is 16.0. The fourth-order valence-electron chi connectivity index (χ4n) is 3.97. The van der Waals surface area contributed by atoms with Gasteiger partial charge < -0.3 is 10.2 Å². The van der Waals surface area contributed by atoms with E-state index < -0.39 is 10.0 Å². The van der Waals surface area contributed by atoms with E-state index >= 15 is 0 Å². The minimum Gasteiger partial charge on any atom is -0.366 e. The number of rotatable bonds is 9. The lowest BCUT2D eigenvalue weighted by Gasteiger charge is -2.22. The third-order valence-corrected chi connectivity index (χ3v) is 7.55. The Kier molecular flexibility index (Phi) is 6.93. The van der Waals surface area contributed by atoms with Gasteiger partial charge in [0.1, 0.15) is 10.7 Å². The summed E-state index contributed by atoms with van der Waals surface area (Å²) < 4.78 is 27.6. The van der Waals surface area contributed by atoms with E-state index in [1.165, 1.54) is 10.5 Å². The number of nitrogens with one attached hydrogen (secondary N) is 1. The fraction of sp³-hybridized carbons (Fsp3) is 0.280. The van der Waals surface area contributed by atoms with Crippen LogP contribution in [0, 0.1) is 0 Å². The van der Waals surface area contributed by atoms with E-state index in [0.29, 0.717) is 37.6 Å². The van der Waals surface area contributed by atoms with Crippen LogP contribution >= 0.6 is 0 Å². The number of para-hydroxylation sites is 1. The summed E-state index contributed by atoms with van der Waals surface area (Å²) >= 11 is 0. The van der Waals surface area contributed by atoms with Crippen molar-refractivity contribution in [1.82, 2.24) is 9.88 Å². The maximum atomic E-state index is 13.1. The zero-order chi connectivity index (χ0) is 23.3. The number of nitrogens with zero attached hydrogens (tertiary/aromatic N) is 3. The van der Waals surface area contributed by atoms with Gasteiger partial charge in [0, 0.05) is 38.8 Å². The predicted molar refractivity (Wildman–Crippen MR) is 129 cm³/mol. The number of benzene rings is 2. The van der Waals surface area contributed by atoms with Crippen molar-refractivity contribution in [2.75, 3.05) is 22.7 Å². The Labute approximate surface area is 195 Å². The van der Waals surface area contributed by atoms with Crippen molar-refractivity contribution in [2.24, 2.45) is 0 Å². The predicted octanol–water partition coefficient (Wildman–Crippen LogP) is 4.03. The minimum atomic E-state index is -3.70. The number of pyridine rings is 1. The van der Waals surface area contributed by atoms with E-state index in [1.807, 2.05) is 48.2 Å². The van der Waals surface area contributed by atoms with E-state index in [2.05, 4.69) is 16.4 Å². The smallest absolute Gasteiger partial charge is 0.265 e. The summed E-state index contributed by atoms with van der Waals surface area (Å²) in [4.78, 5) is 18.2. The summed E-state index contributed by atoms with van der Waals surface area (Å²) in [5.41, 5.74) is 2.79. The number of amides is 1. The molecule has 0 bridgehead atoms. The molecular weight excluding hydrogens is 436 g/mol. The second kappa shape index (κ2) is 10.0. The molecule has 4 rings (SSSR count). The quantitative estimate of drug-likeness (QED) is 0.517. The van der Waals surface area contributed by atoms with E-state index in [4.69, 9.17) is 0 Å². The maximum absolute atomic E-state index is 13.1. The summed E-state index contributed by atoms with van der Waals surface area (Å²) in [5, 5.41) is 3.24. The highest BCUT2D eigenvalue weighted by Gasteiger charge is 2.24. The van der Waals surface area contributed by atoms with Crippen LogP contribution in [0.25, 0.3) is 0 Å². The van der Waals surface area contributed by atoms with Gasteiger partial charge in [-0.3, -0.25) is 9.10 Å². The highest BCUT2D eigenvalue weighted by atomic mass is 32.2. The molecule has 0 atom stereocenters. The molecule has 172 valence electrons. The standard InChI is InChI=1S/C25H28N4O3S/c1-2-29(22-10-4-3-5-11-22)33(31,32)23-13-14-24(27-18-23)26-17-20-8-6-9-21(16-20)19-28-15-7-12-25(28)30/h3-6,8-11,13-14,16,18H,2,7,12,15,17,19H2,1H3,(H,26,27). The normalized spacial score (nSPS) is 13.8. The van der Waals surface area contributed by atoms with Gasteiger partial charge in [-0.1, -0.05) is 42.5 Å². The van der Waals surface area contributed by atoms with Gasteiger partial charge in [-0.05, 0) is 48.7 Å². The second-order valence-electron chi connectivity index (χ2n) is 7.98.